The molecule has 0 saturated carbocycles. The number of likely N-dealkylation sites (tertiary alicyclic amines) is 1. The number of hydrogen-bond donors (Lipinski definition) is 2. The van der Waals surface area contributed by atoms with Crippen LogP contribution in [-0.2, 0) is 14.3 Å². The average molecular weight is 414 g/mol. The number of imide groups is 1. The molecule has 7 nitrogen and oxygen atoms in total. The number of allylic oxidation sites excluding steroid dienone is 1. The number of nitrogens with one attached hydrogen (secondary N) is 2. The summed E-state index contributed by atoms with van der Waals surface area (Å²) in [6.45, 7) is 1.86. The third kappa shape index (κ3) is 8.75. The molecule has 0 aromatic carbocycles. The summed E-state index contributed by atoms with van der Waals surface area (Å²) in [5, 5.41) is 4.80. The Morgan fingerprint density at radius 1 is 1.19 bits per heavy atom. The number of amides is 3. The Bertz CT molecular complexity index is 589. The monoisotopic (exact) mass is 413 g/mol. The van der Waals surface area contributed by atoms with E-state index in [9.17, 15) is 14.4 Å². The van der Waals surface area contributed by atoms with E-state index < -0.39 is 24.5 Å². The van der Waals surface area contributed by atoms with Gasteiger partial charge in [0.1, 0.15) is 4.32 Å². The molecule has 1 saturated heterocycles. The summed E-state index contributed by atoms with van der Waals surface area (Å²) in [4.78, 5) is 37.1. The molecule has 1 fully saturated rings. The maximum absolute atomic E-state index is 11.7. The first-order valence-corrected chi connectivity index (χ1v) is 10.8. The first-order chi connectivity index (χ1) is 13.0. The zero-order valence-corrected chi connectivity index (χ0v) is 17.1. The second kappa shape index (κ2) is 12.0. The van der Waals surface area contributed by atoms with Gasteiger partial charge in [-0.05, 0) is 44.9 Å². The summed E-state index contributed by atoms with van der Waals surface area (Å²) in [7, 11) is 0. The summed E-state index contributed by atoms with van der Waals surface area (Å²) < 4.78 is 5.56. The van der Waals surface area contributed by atoms with Crippen molar-refractivity contribution in [1.82, 2.24) is 15.5 Å². The van der Waals surface area contributed by atoms with Crippen LogP contribution in [0.3, 0.4) is 0 Å². The van der Waals surface area contributed by atoms with E-state index in [-0.39, 0.29) is 5.75 Å². The van der Waals surface area contributed by atoms with Crippen molar-refractivity contribution < 1.29 is 19.1 Å². The number of carbonyl (C=O) groups is 3. The predicted molar refractivity (Wildman–Crippen MR) is 110 cm³/mol. The second-order valence-corrected chi connectivity index (χ2v) is 8.18. The lowest BCUT2D eigenvalue weighted by Crippen LogP contribution is -2.42. The van der Waals surface area contributed by atoms with Crippen LogP contribution in [0.25, 0.3) is 0 Å². The van der Waals surface area contributed by atoms with Gasteiger partial charge < -0.3 is 15.0 Å². The molecule has 150 valence electrons. The molecule has 0 aromatic heterocycles. The lowest BCUT2D eigenvalue weighted by atomic mass is 9.97. The normalized spacial score (nSPS) is 16.4. The minimum absolute atomic E-state index is 0.0594. The fraction of sp³-hybridized carbons (Fsp3) is 0.667. The standard InChI is InChI=1S/C18H27N3O4S2/c22-15(20-17(24)19-9-8-14-6-2-1-3-7-14)12-25-16(23)13-27-18(26)21-10-4-5-11-21/h6H,1-5,7-13H2,(H2,19,20,22,24). The van der Waals surface area contributed by atoms with E-state index >= 15 is 0 Å². The molecule has 1 aliphatic heterocycles. The highest BCUT2D eigenvalue weighted by Gasteiger charge is 2.17. The molecule has 1 heterocycles. The van der Waals surface area contributed by atoms with Crippen molar-refractivity contribution in [2.45, 2.75) is 44.9 Å². The predicted octanol–water partition coefficient (Wildman–Crippen LogP) is 2.36. The quantitative estimate of drug-likeness (QED) is 0.376. The van der Waals surface area contributed by atoms with Gasteiger partial charge in [0.2, 0.25) is 0 Å². The Morgan fingerprint density at radius 3 is 2.67 bits per heavy atom. The number of urea groups is 1. The summed E-state index contributed by atoms with van der Waals surface area (Å²) in [6, 6.07) is -0.572. The van der Waals surface area contributed by atoms with Crippen molar-refractivity contribution in [1.29, 1.82) is 0 Å². The van der Waals surface area contributed by atoms with Crippen LogP contribution < -0.4 is 10.6 Å². The highest BCUT2D eigenvalue weighted by molar-refractivity contribution is 8.23. The molecule has 2 N–H and O–H groups in total. The Kier molecular flexibility index (Phi) is 9.61. The van der Waals surface area contributed by atoms with Gasteiger partial charge in [0.15, 0.2) is 6.61 Å². The largest absolute Gasteiger partial charge is 0.455 e. The first kappa shape index (κ1) is 21.7. The average Bonchev–Trinajstić information content (AvgIpc) is 3.20. The topological polar surface area (TPSA) is 87.7 Å². The lowest BCUT2D eigenvalue weighted by Gasteiger charge is -2.17. The Hall–Kier alpha value is -1.61. The lowest BCUT2D eigenvalue weighted by molar-refractivity contribution is -0.145. The van der Waals surface area contributed by atoms with Gasteiger partial charge in [-0.15, -0.1) is 0 Å². The van der Waals surface area contributed by atoms with Crippen LogP contribution >= 0.6 is 24.0 Å². The molecule has 2 rings (SSSR count). The van der Waals surface area contributed by atoms with Gasteiger partial charge in [-0.1, -0.05) is 35.6 Å². The Morgan fingerprint density at radius 2 is 1.96 bits per heavy atom. The molecule has 1 aliphatic carbocycles. The van der Waals surface area contributed by atoms with Crippen LogP contribution in [0.15, 0.2) is 11.6 Å². The number of ether oxygens (including phenoxy) is 1. The van der Waals surface area contributed by atoms with E-state index in [4.69, 9.17) is 17.0 Å². The molecule has 0 radical (unpaired) electrons. The fourth-order valence-corrected chi connectivity index (χ4v) is 4.02. The fourth-order valence-electron chi connectivity index (χ4n) is 2.97. The number of nitrogens with zero attached hydrogens (tertiary/aromatic N) is 1. The second-order valence-electron chi connectivity index (χ2n) is 6.57. The summed E-state index contributed by atoms with van der Waals surface area (Å²) in [5.41, 5.74) is 1.35. The zero-order valence-electron chi connectivity index (χ0n) is 15.5. The van der Waals surface area contributed by atoms with Crippen LogP contribution in [0.2, 0.25) is 0 Å². The molecule has 0 bridgehead atoms. The molecule has 27 heavy (non-hydrogen) atoms. The Labute approximate surface area is 169 Å². The van der Waals surface area contributed by atoms with E-state index in [0.29, 0.717) is 10.9 Å². The Balaban J connectivity index is 1.52. The van der Waals surface area contributed by atoms with Crippen LogP contribution in [-0.4, -0.2) is 59.1 Å². The molecular formula is C18H27N3O4S2. The number of esters is 1. The molecule has 0 spiro atoms. The van der Waals surface area contributed by atoms with Crippen molar-refractivity contribution in [3.05, 3.63) is 11.6 Å². The highest BCUT2D eigenvalue weighted by Crippen LogP contribution is 2.19. The van der Waals surface area contributed by atoms with Gasteiger partial charge >= 0.3 is 12.0 Å². The third-order valence-electron chi connectivity index (χ3n) is 4.41. The van der Waals surface area contributed by atoms with E-state index in [1.165, 1.54) is 30.2 Å². The van der Waals surface area contributed by atoms with Crippen LogP contribution in [0.1, 0.15) is 44.9 Å². The molecule has 0 atom stereocenters. The van der Waals surface area contributed by atoms with E-state index in [2.05, 4.69) is 21.6 Å². The van der Waals surface area contributed by atoms with Crippen molar-refractivity contribution in [3.63, 3.8) is 0 Å². The van der Waals surface area contributed by atoms with Crippen LogP contribution in [0, 0.1) is 0 Å². The van der Waals surface area contributed by atoms with Crippen molar-refractivity contribution in [3.8, 4) is 0 Å². The van der Waals surface area contributed by atoms with E-state index in [0.717, 1.165) is 45.2 Å². The highest BCUT2D eigenvalue weighted by atomic mass is 32.2. The number of rotatable bonds is 7. The van der Waals surface area contributed by atoms with Crippen molar-refractivity contribution >= 4 is 46.2 Å². The molecule has 2 aliphatic rings. The molecule has 0 unspecified atom stereocenters. The van der Waals surface area contributed by atoms with Gasteiger partial charge in [-0.2, -0.15) is 0 Å². The maximum atomic E-state index is 11.7. The first-order valence-electron chi connectivity index (χ1n) is 9.37. The molecule has 3 amide bonds. The number of thiocarbonyl (C=S) groups is 1. The van der Waals surface area contributed by atoms with Gasteiger partial charge in [0.25, 0.3) is 5.91 Å². The summed E-state index contributed by atoms with van der Waals surface area (Å²) in [5.74, 6) is -1.12. The minimum Gasteiger partial charge on any atom is -0.455 e. The number of hydrogen-bond acceptors (Lipinski definition) is 6. The van der Waals surface area contributed by atoms with Gasteiger partial charge in [0.05, 0.1) is 5.75 Å². The number of carbonyl (C=O) groups excluding carboxylic acids is 3. The van der Waals surface area contributed by atoms with Gasteiger partial charge in [-0.3, -0.25) is 14.9 Å². The van der Waals surface area contributed by atoms with Crippen molar-refractivity contribution in [2.75, 3.05) is 32.0 Å². The third-order valence-corrected chi connectivity index (χ3v) is 5.91. The number of thioether (sulfide) groups is 1. The van der Waals surface area contributed by atoms with E-state index in [1.54, 1.807) is 0 Å². The summed E-state index contributed by atoms with van der Waals surface area (Å²) in [6.07, 6.45) is 9.86. The minimum atomic E-state index is -0.648. The van der Waals surface area contributed by atoms with Crippen LogP contribution in [0.5, 0.6) is 0 Å². The molecule has 0 aromatic rings. The summed E-state index contributed by atoms with van der Waals surface area (Å²) >= 11 is 6.50. The maximum Gasteiger partial charge on any atom is 0.321 e. The molecular weight excluding hydrogens is 386 g/mol. The zero-order chi connectivity index (χ0) is 19.5. The van der Waals surface area contributed by atoms with Crippen molar-refractivity contribution in [2.24, 2.45) is 0 Å². The smallest absolute Gasteiger partial charge is 0.321 e. The molecule has 9 heteroatoms. The van der Waals surface area contributed by atoms with Crippen LogP contribution in [0.4, 0.5) is 4.79 Å². The SMILES string of the molecule is O=C(COC(=O)CSC(=S)N1CCCC1)NC(=O)NCCC1=CCCCC1. The van der Waals surface area contributed by atoms with Gasteiger partial charge in [0, 0.05) is 19.6 Å². The van der Waals surface area contributed by atoms with Gasteiger partial charge in [-0.25, -0.2) is 4.79 Å². The van der Waals surface area contributed by atoms with E-state index in [1.807, 2.05) is 0 Å².